The lowest BCUT2D eigenvalue weighted by molar-refractivity contribution is 0.0971. The van der Waals surface area contributed by atoms with Crippen molar-refractivity contribution in [3.63, 3.8) is 0 Å². The van der Waals surface area contributed by atoms with Crippen LogP contribution in [0.1, 0.15) is 18.9 Å². The molecule has 2 rings (SSSR count). The molecule has 1 aliphatic heterocycles. The summed E-state index contributed by atoms with van der Waals surface area (Å²) in [5.74, 6) is 0.314. The molecule has 1 fully saturated rings. The number of nitrogen functional groups attached to an aromatic ring is 1. The first-order valence-electron chi connectivity index (χ1n) is 5.87. The minimum absolute atomic E-state index is 0.165. The van der Waals surface area contributed by atoms with E-state index >= 15 is 0 Å². The molecule has 0 amide bonds. The van der Waals surface area contributed by atoms with Gasteiger partial charge in [-0.2, -0.15) is 0 Å². The van der Waals surface area contributed by atoms with Crippen LogP contribution in [0.15, 0.2) is 18.2 Å². The van der Waals surface area contributed by atoms with Crippen molar-refractivity contribution in [2.75, 3.05) is 23.7 Å². The highest BCUT2D eigenvalue weighted by Crippen LogP contribution is 2.29. The average molecular weight is 220 g/mol. The first-order valence-corrected chi connectivity index (χ1v) is 5.87. The van der Waals surface area contributed by atoms with Crippen molar-refractivity contribution in [2.45, 2.75) is 26.4 Å². The van der Waals surface area contributed by atoms with Crippen LogP contribution in [0.25, 0.3) is 0 Å². The van der Waals surface area contributed by atoms with Crippen LogP contribution in [0.4, 0.5) is 11.4 Å². The Balaban J connectivity index is 2.22. The zero-order chi connectivity index (χ0) is 11.7. The highest BCUT2D eigenvalue weighted by molar-refractivity contribution is 5.71. The van der Waals surface area contributed by atoms with Gasteiger partial charge in [-0.25, -0.2) is 0 Å². The fourth-order valence-corrected chi connectivity index (χ4v) is 2.29. The van der Waals surface area contributed by atoms with Gasteiger partial charge in [0.2, 0.25) is 0 Å². The Kier molecular flexibility index (Phi) is 3.06. The van der Waals surface area contributed by atoms with Crippen LogP contribution in [0.3, 0.4) is 0 Å². The molecule has 0 aromatic heterocycles. The third kappa shape index (κ3) is 2.00. The van der Waals surface area contributed by atoms with E-state index in [1.807, 2.05) is 19.1 Å². The van der Waals surface area contributed by atoms with Crippen LogP contribution in [0.5, 0.6) is 0 Å². The van der Waals surface area contributed by atoms with E-state index in [2.05, 4.69) is 17.9 Å². The van der Waals surface area contributed by atoms with Gasteiger partial charge in [-0.1, -0.05) is 19.1 Å². The molecule has 0 saturated carbocycles. The largest absolute Gasteiger partial charge is 0.397 e. The van der Waals surface area contributed by atoms with Crippen LogP contribution in [0.2, 0.25) is 0 Å². The SMILES string of the molecule is Cc1cccc(N2CCC(O)C(C)C2)c1N. The van der Waals surface area contributed by atoms with Crippen LogP contribution >= 0.6 is 0 Å². The number of nitrogens with two attached hydrogens (primary N) is 1. The normalized spacial score (nSPS) is 25.8. The van der Waals surface area contributed by atoms with Crippen LogP contribution < -0.4 is 10.6 Å². The van der Waals surface area contributed by atoms with Crippen molar-refractivity contribution in [3.05, 3.63) is 23.8 Å². The Hall–Kier alpha value is -1.22. The molecular weight excluding hydrogens is 200 g/mol. The van der Waals surface area contributed by atoms with Gasteiger partial charge >= 0.3 is 0 Å². The first-order chi connectivity index (χ1) is 7.59. The molecule has 3 N–H and O–H groups in total. The Labute approximate surface area is 96.9 Å². The van der Waals surface area contributed by atoms with Gasteiger partial charge in [0.15, 0.2) is 0 Å². The van der Waals surface area contributed by atoms with E-state index in [1.165, 1.54) is 0 Å². The smallest absolute Gasteiger partial charge is 0.0602 e. The van der Waals surface area contributed by atoms with Gasteiger partial charge in [-0.05, 0) is 30.9 Å². The highest BCUT2D eigenvalue weighted by atomic mass is 16.3. The number of aliphatic hydroxyl groups excluding tert-OH is 1. The second-order valence-electron chi connectivity index (χ2n) is 4.79. The summed E-state index contributed by atoms with van der Waals surface area (Å²) in [5, 5.41) is 9.71. The average Bonchev–Trinajstić information content (AvgIpc) is 2.26. The summed E-state index contributed by atoms with van der Waals surface area (Å²) >= 11 is 0. The fraction of sp³-hybridized carbons (Fsp3) is 0.538. The number of anilines is 2. The number of hydrogen-bond acceptors (Lipinski definition) is 3. The van der Waals surface area contributed by atoms with Crippen molar-refractivity contribution < 1.29 is 5.11 Å². The molecule has 3 nitrogen and oxygen atoms in total. The minimum Gasteiger partial charge on any atom is -0.397 e. The quantitative estimate of drug-likeness (QED) is 0.709. The molecule has 3 heteroatoms. The van der Waals surface area contributed by atoms with Gasteiger partial charge in [0, 0.05) is 13.1 Å². The van der Waals surface area contributed by atoms with Gasteiger partial charge in [-0.3, -0.25) is 0 Å². The topological polar surface area (TPSA) is 49.5 Å². The maximum Gasteiger partial charge on any atom is 0.0602 e. The highest BCUT2D eigenvalue weighted by Gasteiger charge is 2.25. The maximum atomic E-state index is 9.71. The second-order valence-corrected chi connectivity index (χ2v) is 4.79. The van der Waals surface area contributed by atoms with Crippen molar-refractivity contribution in [2.24, 2.45) is 5.92 Å². The van der Waals surface area contributed by atoms with Gasteiger partial charge in [0.05, 0.1) is 17.5 Å². The lowest BCUT2D eigenvalue weighted by Crippen LogP contribution is -2.42. The first kappa shape index (κ1) is 11.3. The molecule has 0 bridgehead atoms. The predicted octanol–water partition coefficient (Wildman–Crippen LogP) is 1.78. The summed E-state index contributed by atoms with van der Waals surface area (Å²) < 4.78 is 0. The Morgan fingerprint density at radius 3 is 2.88 bits per heavy atom. The number of piperidine rings is 1. The van der Waals surface area contributed by atoms with Gasteiger partial charge in [0.25, 0.3) is 0 Å². The van der Waals surface area contributed by atoms with E-state index in [0.717, 1.165) is 36.4 Å². The molecule has 88 valence electrons. The molecule has 0 aliphatic carbocycles. The predicted molar refractivity (Wildman–Crippen MR) is 67.6 cm³/mol. The summed E-state index contributed by atoms with van der Waals surface area (Å²) in [4.78, 5) is 2.28. The lowest BCUT2D eigenvalue weighted by Gasteiger charge is -2.36. The molecule has 1 saturated heterocycles. The fourth-order valence-electron chi connectivity index (χ4n) is 2.29. The lowest BCUT2D eigenvalue weighted by atomic mass is 9.96. The molecule has 1 aromatic rings. The number of nitrogens with zero attached hydrogens (tertiary/aromatic N) is 1. The number of benzene rings is 1. The zero-order valence-corrected chi connectivity index (χ0v) is 9.98. The molecular formula is C13H20N2O. The number of aryl methyl sites for hydroxylation is 1. The Morgan fingerprint density at radius 2 is 2.19 bits per heavy atom. The second kappa shape index (κ2) is 4.34. The van der Waals surface area contributed by atoms with Crippen LogP contribution in [-0.2, 0) is 0 Å². The van der Waals surface area contributed by atoms with Crippen molar-refractivity contribution in [1.29, 1.82) is 0 Å². The number of hydrogen-bond donors (Lipinski definition) is 2. The molecule has 0 spiro atoms. The molecule has 1 aliphatic rings. The van der Waals surface area contributed by atoms with Gasteiger partial charge < -0.3 is 15.7 Å². The molecule has 0 radical (unpaired) electrons. The molecule has 1 heterocycles. The zero-order valence-electron chi connectivity index (χ0n) is 9.98. The van der Waals surface area contributed by atoms with E-state index in [0.29, 0.717) is 5.92 Å². The van der Waals surface area contributed by atoms with Crippen LogP contribution in [0, 0.1) is 12.8 Å². The van der Waals surface area contributed by atoms with E-state index in [9.17, 15) is 5.11 Å². The minimum atomic E-state index is -0.165. The summed E-state index contributed by atoms with van der Waals surface area (Å²) in [6.45, 7) is 5.89. The van der Waals surface area contributed by atoms with E-state index < -0.39 is 0 Å². The van der Waals surface area contributed by atoms with Crippen molar-refractivity contribution in [3.8, 4) is 0 Å². The maximum absolute atomic E-state index is 9.71. The van der Waals surface area contributed by atoms with Crippen molar-refractivity contribution in [1.82, 2.24) is 0 Å². The Bertz CT molecular complexity index is 378. The Morgan fingerprint density at radius 1 is 1.44 bits per heavy atom. The van der Waals surface area contributed by atoms with Gasteiger partial charge in [-0.15, -0.1) is 0 Å². The number of aliphatic hydroxyl groups is 1. The number of para-hydroxylation sites is 1. The van der Waals surface area contributed by atoms with E-state index in [4.69, 9.17) is 5.73 Å². The summed E-state index contributed by atoms with van der Waals surface area (Å²) in [7, 11) is 0. The van der Waals surface area contributed by atoms with Gasteiger partial charge in [0.1, 0.15) is 0 Å². The van der Waals surface area contributed by atoms with E-state index in [1.54, 1.807) is 0 Å². The van der Waals surface area contributed by atoms with Crippen LogP contribution in [-0.4, -0.2) is 24.3 Å². The number of rotatable bonds is 1. The molecule has 2 unspecified atom stereocenters. The summed E-state index contributed by atoms with van der Waals surface area (Å²) in [6.07, 6.45) is 0.663. The molecule has 2 atom stereocenters. The molecule has 1 aromatic carbocycles. The molecule has 16 heavy (non-hydrogen) atoms. The van der Waals surface area contributed by atoms with E-state index in [-0.39, 0.29) is 6.10 Å². The standard InChI is InChI=1S/C13H20N2O/c1-9-4-3-5-11(13(9)14)15-7-6-12(16)10(2)8-15/h3-5,10,12,16H,6-8,14H2,1-2H3. The summed E-state index contributed by atoms with van der Waals surface area (Å²) in [6, 6.07) is 6.13. The van der Waals surface area contributed by atoms with Crippen molar-refractivity contribution >= 4 is 11.4 Å². The summed E-state index contributed by atoms with van der Waals surface area (Å²) in [5.41, 5.74) is 9.19. The monoisotopic (exact) mass is 220 g/mol. The third-order valence-corrected chi connectivity index (χ3v) is 3.50. The third-order valence-electron chi connectivity index (χ3n) is 3.50.